The topological polar surface area (TPSA) is 64.4 Å². The molecule has 0 saturated carbocycles. The summed E-state index contributed by atoms with van der Waals surface area (Å²) in [7, 11) is 0. The second-order valence-corrected chi connectivity index (χ2v) is 3.97. The van der Waals surface area contributed by atoms with Crippen LogP contribution < -0.4 is 15.8 Å². The van der Waals surface area contributed by atoms with E-state index in [0.29, 0.717) is 35.2 Å². The zero-order valence-electron chi connectivity index (χ0n) is 10.0. The van der Waals surface area contributed by atoms with Crippen LogP contribution in [0.1, 0.15) is 30.6 Å². The molecule has 0 aliphatic carbocycles. The highest BCUT2D eigenvalue weighted by molar-refractivity contribution is 6.33. The first-order valence-corrected chi connectivity index (χ1v) is 5.98. The SMILES string of the molecule is CCCNC(=O)c1cc(Cl)c(N)cc1OCC. The van der Waals surface area contributed by atoms with Crippen molar-refractivity contribution >= 4 is 23.2 Å². The highest BCUT2D eigenvalue weighted by atomic mass is 35.5. The molecule has 17 heavy (non-hydrogen) atoms. The second kappa shape index (κ2) is 6.35. The van der Waals surface area contributed by atoms with E-state index in [2.05, 4.69) is 5.32 Å². The normalized spacial score (nSPS) is 10.1. The summed E-state index contributed by atoms with van der Waals surface area (Å²) in [5.41, 5.74) is 6.50. The van der Waals surface area contributed by atoms with E-state index in [9.17, 15) is 4.79 Å². The number of anilines is 1. The van der Waals surface area contributed by atoms with Crippen molar-refractivity contribution in [1.29, 1.82) is 0 Å². The minimum Gasteiger partial charge on any atom is -0.493 e. The van der Waals surface area contributed by atoms with Gasteiger partial charge in [0.05, 0.1) is 22.9 Å². The molecule has 94 valence electrons. The number of benzene rings is 1. The van der Waals surface area contributed by atoms with E-state index in [0.717, 1.165) is 6.42 Å². The minimum absolute atomic E-state index is 0.197. The first-order chi connectivity index (χ1) is 8.10. The molecule has 0 saturated heterocycles. The van der Waals surface area contributed by atoms with Crippen LogP contribution in [0, 0.1) is 0 Å². The maximum atomic E-state index is 11.9. The van der Waals surface area contributed by atoms with Gasteiger partial charge in [0.15, 0.2) is 0 Å². The summed E-state index contributed by atoms with van der Waals surface area (Å²) in [5.74, 6) is 0.264. The molecule has 4 nitrogen and oxygen atoms in total. The zero-order valence-corrected chi connectivity index (χ0v) is 10.8. The summed E-state index contributed by atoms with van der Waals surface area (Å²) in [5, 5.41) is 3.13. The van der Waals surface area contributed by atoms with Crippen molar-refractivity contribution in [3.63, 3.8) is 0 Å². The van der Waals surface area contributed by atoms with Crippen molar-refractivity contribution in [1.82, 2.24) is 5.32 Å². The molecule has 1 aromatic carbocycles. The Bertz CT molecular complexity index is 408. The van der Waals surface area contributed by atoms with Crippen LogP contribution in [0.4, 0.5) is 5.69 Å². The van der Waals surface area contributed by atoms with Crippen LogP contribution in [0.3, 0.4) is 0 Å². The number of nitrogens with one attached hydrogen (secondary N) is 1. The average Bonchev–Trinajstić information content (AvgIpc) is 2.30. The summed E-state index contributed by atoms with van der Waals surface area (Å²) >= 11 is 5.90. The van der Waals surface area contributed by atoms with Crippen LogP contribution in [0.2, 0.25) is 5.02 Å². The highest BCUT2D eigenvalue weighted by Gasteiger charge is 2.14. The van der Waals surface area contributed by atoms with E-state index >= 15 is 0 Å². The monoisotopic (exact) mass is 256 g/mol. The summed E-state index contributed by atoms with van der Waals surface area (Å²) in [6.45, 7) is 4.92. The van der Waals surface area contributed by atoms with Crippen molar-refractivity contribution in [3.8, 4) is 5.75 Å². The molecular weight excluding hydrogens is 240 g/mol. The van der Waals surface area contributed by atoms with Gasteiger partial charge >= 0.3 is 0 Å². The number of hydrogen-bond donors (Lipinski definition) is 2. The summed E-state index contributed by atoms with van der Waals surface area (Å²) in [6.07, 6.45) is 0.873. The molecule has 0 fully saturated rings. The highest BCUT2D eigenvalue weighted by Crippen LogP contribution is 2.29. The molecule has 3 N–H and O–H groups in total. The molecule has 0 aliphatic heterocycles. The van der Waals surface area contributed by atoms with Gasteiger partial charge in [0, 0.05) is 12.6 Å². The van der Waals surface area contributed by atoms with Gasteiger partial charge in [-0.05, 0) is 19.4 Å². The largest absolute Gasteiger partial charge is 0.493 e. The third-order valence-electron chi connectivity index (χ3n) is 2.18. The van der Waals surface area contributed by atoms with Gasteiger partial charge in [-0.3, -0.25) is 4.79 Å². The smallest absolute Gasteiger partial charge is 0.255 e. The van der Waals surface area contributed by atoms with Gasteiger partial charge in [-0.25, -0.2) is 0 Å². The van der Waals surface area contributed by atoms with Crippen LogP contribution in [0.5, 0.6) is 5.75 Å². The Kier molecular flexibility index (Phi) is 5.10. The summed E-state index contributed by atoms with van der Waals surface area (Å²) < 4.78 is 5.37. The molecule has 0 aliphatic rings. The lowest BCUT2D eigenvalue weighted by Gasteiger charge is -2.12. The lowest BCUT2D eigenvalue weighted by atomic mass is 10.1. The zero-order chi connectivity index (χ0) is 12.8. The summed E-state index contributed by atoms with van der Waals surface area (Å²) in [4.78, 5) is 11.9. The van der Waals surface area contributed by atoms with E-state index in [4.69, 9.17) is 22.1 Å². The van der Waals surface area contributed by atoms with Crippen molar-refractivity contribution in [2.45, 2.75) is 20.3 Å². The molecular formula is C12H17ClN2O2. The van der Waals surface area contributed by atoms with Gasteiger partial charge in [-0.1, -0.05) is 18.5 Å². The second-order valence-electron chi connectivity index (χ2n) is 3.56. The molecule has 0 heterocycles. The maximum absolute atomic E-state index is 11.9. The molecule has 0 radical (unpaired) electrons. The fraction of sp³-hybridized carbons (Fsp3) is 0.417. The number of amides is 1. The third-order valence-corrected chi connectivity index (χ3v) is 2.51. The number of rotatable bonds is 5. The quantitative estimate of drug-likeness (QED) is 0.796. The van der Waals surface area contributed by atoms with Gasteiger partial charge in [0.1, 0.15) is 5.75 Å². The lowest BCUT2D eigenvalue weighted by Crippen LogP contribution is -2.24. The van der Waals surface area contributed by atoms with Gasteiger partial charge < -0.3 is 15.8 Å². The number of nitrogen functional groups attached to an aromatic ring is 1. The molecule has 0 aromatic heterocycles. The fourth-order valence-electron chi connectivity index (χ4n) is 1.36. The average molecular weight is 257 g/mol. The Morgan fingerprint density at radius 1 is 1.47 bits per heavy atom. The van der Waals surface area contributed by atoms with Gasteiger partial charge in [-0.15, -0.1) is 0 Å². The van der Waals surface area contributed by atoms with Crippen molar-refractivity contribution in [2.75, 3.05) is 18.9 Å². The van der Waals surface area contributed by atoms with Crippen molar-refractivity contribution in [2.24, 2.45) is 0 Å². The van der Waals surface area contributed by atoms with E-state index in [1.165, 1.54) is 6.07 Å². The molecule has 5 heteroatoms. The lowest BCUT2D eigenvalue weighted by molar-refractivity contribution is 0.0950. The van der Waals surface area contributed by atoms with Gasteiger partial charge in [0.25, 0.3) is 5.91 Å². The molecule has 1 amide bonds. The number of carbonyl (C=O) groups is 1. The molecule has 1 aromatic rings. The first kappa shape index (κ1) is 13.6. The Morgan fingerprint density at radius 2 is 2.18 bits per heavy atom. The predicted octanol–water partition coefficient (Wildman–Crippen LogP) is 2.46. The summed E-state index contributed by atoms with van der Waals surface area (Å²) in [6, 6.07) is 3.11. The van der Waals surface area contributed by atoms with E-state index in [-0.39, 0.29) is 5.91 Å². The van der Waals surface area contributed by atoms with Crippen LogP contribution in [-0.4, -0.2) is 19.1 Å². The van der Waals surface area contributed by atoms with E-state index in [1.807, 2.05) is 13.8 Å². The van der Waals surface area contributed by atoms with Gasteiger partial charge in [-0.2, -0.15) is 0 Å². The molecule has 0 bridgehead atoms. The Balaban J connectivity index is 3.02. The first-order valence-electron chi connectivity index (χ1n) is 5.60. The number of halogens is 1. The molecule has 0 unspecified atom stereocenters. The van der Waals surface area contributed by atoms with Crippen molar-refractivity contribution < 1.29 is 9.53 Å². The molecule has 1 rings (SSSR count). The Labute approximate surface area is 106 Å². The third kappa shape index (κ3) is 3.53. The Morgan fingerprint density at radius 3 is 2.76 bits per heavy atom. The van der Waals surface area contributed by atoms with Crippen LogP contribution in [0.25, 0.3) is 0 Å². The molecule has 0 spiro atoms. The number of hydrogen-bond acceptors (Lipinski definition) is 3. The number of nitrogens with two attached hydrogens (primary N) is 1. The predicted molar refractivity (Wildman–Crippen MR) is 69.7 cm³/mol. The minimum atomic E-state index is -0.197. The molecule has 0 atom stereocenters. The van der Waals surface area contributed by atoms with Crippen LogP contribution in [0.15, 0.2) is 12.1 Å². The van der Waals surface area contributed by atoms with Crippen LogP contribution >= 0.6 is 11.6 Å². The van der Waals surface area contributed by atoms with Gasteiger partial charge in [0.2, 0.25) is 0 Å². The number of ether oxygens (including phenoxy) is 1. The number of carbonyl (C=O) groups excluding carboxylic acids is 1. The van der Waals surface area contributed by atoms with Crippen molar-refractivity contribution in [3.05, 3.63) is 22.7 Å². The maximum Gasteiger partial charge on any atom is 0.255 e. The Hall–Kier alpha value is -1.42. The van der Waals surface area contributed by atoms with Crippen LogP contribution in [-0.2, 0) is 0 Å². The van der Waals surface area contributed by atoms with E-state index < -0.39 is 0 Å². The fourth-order valence-corrected chi connectivity index (χ4v) is 1.52. The standard InChI is InChI=1S/C12H17ClN2O2/c1-3-5-15-12(16)8-6-9(13)10(14)7-11(8)17-4-2/h6-7H,3-5,14H2,1-2H3,(H,15,16). The van der Waals surface area contributed by atoms with E-state index in [1.54, 1.807) is 6.07 Å².